The molecule has 128 valence electrons. The summed E-state index contributed by atoms with van der Waals surface area (Å²) in [4.78, 5) is 24.7. The summed E-state index contributed by atoms with van der Waals surface area (Å²) in [5, 5.41) is 8.12. The van der Waals surface area contributed by atoms with Crippen molar-refractivity contribution in [1.82, 2.24) is 15.0 Å². The van der Waals surface area contributed by atoms with Crippen molar-refractivity contribution in [3.05, 3.63) is 59.4 Å². The molecule has 2 heterocycles. The lowest BCUT2D eigenvalue weighted by Gasteiger charge is -2.05. The van der Waals surface area contributed by atoms with Crippen LogP contribution in [0.3, 0.4) is 0 Å². The Hall–Kier alpha value is -2.80. The molecule has 0 spiro atoms. The van der Waals surface area contributed by atoms with Gasteiger partial charge >= 0.3 is 0 Å². The van der Waals surface area contributed by atoms with Crippen LogP contribution < -0.4 is 10.6 Å². The number of rotatable bonds is 7. The molecule has 1 amide bonds. The third-order valence-corrected chi connectivity index (χ3v) is 4.31. The summed E-state index contributed by atoms with van der Waals surface area (Å²) in [6.07, 6.45) is 6.69. The van der Waals surface area contributed by atoms with E-state index in [4.69, 9.17) is 0 Å². The van der Waals surface area contributed by atoms with Crippen LogP contribution >= 0.6 is 11.3 Å². The Kier molecular flexibility index (Phi) is 5.69. The summed E-state index contributed by atoms with van der Waals surface area (Å²) in [6, 6.07) is 9.68. The first-order valence-corrected chi connectivity index (χ1v) is 9.02. The number of carbonyl (C=O) groups is 1. The number of hydrogen-bond acceptors (Lipinski definition) is 6. The van der Waals surface area contributed by atoms with Gasteiger partial charge in [-0.3, -0.25) is 4.79 Å². The molecule has 25 heavy (non-hydrogen) atoms. The van der Waals surface area contributed by atoms with Crippen molar-refractivity contribution >= 4 is 34.0 Å². The molecule has 0 saturated heterocycles. The van der Waals surface area contributed by atoms with Gasteiger partial charge < -0.3 is 10.6 Å². The largest absolute Gasteiger partial charge is 0.321 e. The molecule has 2 aromatic heterocycles. The average molecular weight is 353 g/mol. The number of amides is 1. The first-order valence-electron chi connectivity index (χ1n) is 8.14. The second-order valence-corrected chi connectivity index (χ2v) is 6.35. The summed E-state index contributed by atoms with van der Waals surface area (Å²) in [6.45, 7) is 2.18. The third-order valence-electron chi connectivity index (χ3n) is 3.55. The smallest absolute Gasteiger partial charge is 0.275 e. The van der Waals surface area contributed by atoms with Crippen LogP contribution in [0.5, 0.6) is 0 Å². The lowest BCUT2D eigenvalue weighted by Crippen LogP contribution is -2.12. The van der Waals surface area contributed by atoms with Gasteiger partial charge in [-0.25, -0.2) is 15.0 Å². The van der Waals surface area contributed by atoms with Crippen LogP contribution in [0.15, 0.2) is 48.1 Å². The molecule has 1 aromatic carbocycles. The lowest BCUT2D eigenvalue weighted by molar-refractivity contribution is 0.102. The quantitative estimate of drug-likeness (QED) is 0.663. The van der Waals surface area contributed by atoms with E-state index in [1.807, 2.05) is 24.3 Å². The van der Waals surface area contributed by atoms with E-state index in [0.717, 1.165) is 12.1 Å². The topological polar surface area (TPSA) is 79.8 Å². The molecule has 2 N–H and O–H groups in total. The second-order valence-electron chi connectivity index (χ2n) is 5.49. The molecule has 0 radical (unpaired) electrons. The molecular weight excluding hydrogens is 334 g/mol. The van der Waals surface area contributed by atoms with Crippen LogP contribution in [-0.2, 0) is 6.42 Å². The van der Waals surface area contributed by atoms with Crippen LogP contribution in [0.25, 0.3) is 0 Å². The van der Waals surface area contributed by atoms with Gasteiger partial charge in [0.05, 0.1) is 0 Å². The standard InChI is InChI=1S/C18H19N5OS/c1-2-3-5-13-6-8-14(9-7-13)21-16(24)15-12-25-18(22-15)23-17-19-10-4-11-20-17/h4,6-12H,2-3,5H2,1H3,(H,21,24)(H,19,20,22,23). The molecule has 0 unspecified atom stereocenters. The summed E-state index contributed by atoms with van der Waals surface area (Å²) in [5.74, 6) is 0.214. The molecular formula is C18H19N5OS. The van der Waals surface area contributed by atoms with Crippen LogP contribution in [0.1, 0.15) is 35.8 Å². The molecule has 6 nitrogen and oxygen atoms in total. The average Bonchev–Trinajstić information content (AvgIpc) is 3.11. The molecule has 0 bridgehead atoms. The van der Waals surface area contributed by atoms with Crippen LogP contribution in [0, 0.1) is 0 Å². The van der Waals surface area contributed by atoms with Crippen molar-refractivity contribution in [2.75, 3.05) is 10.6 Å². The fourth-order valence-electron chi connectivity index (χ4n) is 2.23. The minimum atomic E-state index is -0.236. The Morgan fingerprint density at radius 1 is 1.16 bits per heavy atom. The molecule has 0 aliphatic rings. The van der Waals surface area contributed by atoms with Gasteiger partial charge in [0.25, 0.3) is 5.91 Å². The molecule has 0 saturated carbocycles. The van der Waals surface area contributed by atoms with E-state index in [1.165, 1.54) is 29.7 Å². The van der Waals surface area contributed by atoms with E-state index in [0.29, 0.717) is 16.8 Å². The van der Waals surface area contributed by atoms with Crippen molar-refractivity contribution in [2.45, 2.75) is 26.2 Å². The van der Waals surface area contributed by atoms with Gasteiger partial charge in [-0.15, -0.1) is 11.3 Å². The van der Waals surface area contributed by atoms with Gasteiger partial charge in [-0.2, -0.15) is 0 Å². The Labute approximate surface area is 150 Å². The highest BCUT2D eigenvalue weighted by molar-refractivity contribution is 7.14. The Morgan fingerprint density at radius 3 is 2.64 bits per heavy atom. The van der Waals surface area contributed by atoms with Crippen LogP contribution in [0.2, 0.25) is 0 Å². The van der Waals surface area contributed by atoms with E-state index in [2.05, 4.69) is 32.5 Å². The van der Waals surface area contributed by atoms with Gasteiger partial charge in [0.15, 0.2) is 5.13 Å². The number of thiazole rings is 1. The molecule has 0 atom stereocenters. The molecule has 3 aromatic rings. The number of hydrogen-bond donors (Lipinski definition) is 2. The minimum absolute atomic E-state index is 0.236. The van der Waals surface area contributed by atoms with Gasteiger partial charge in [0, 0.05) is 23.5 Å². The number of unbranched alkanes of at least 4 members (excludes halogenated alkanes) is 1. The summed E-state index contributed by atoms with van der Waals surface area (Å²) in [5.41, 5.74) is 2.40. The molecule has 3 rings (SSSR count). The fraction of sp³-hybridized carbons (Fsp3) is 0.222. The summed E-state index contributed by atoms with van der Waals surface area (Å²) >= 11 is 1.33. The Morgan fingerprint density at radius 2 is 1.92 bits per heavy atom. The Bertz CT molecular complexity index is 817. The van der Waals surface area contributed by atoms with Gasteiger partial charge in [-0.1, -0.05) is 25.5 Å². The summed E-state index contributed by atoms with van der Waals surface area (Å²) in [7, 11) is 0. The normalized spacial score (nSPS) is 10.4. The van der Waals surface area contributed by atoms with E-state index in [-0.39, 0.29) is 5.91 Å². The van der Waals surface area contributed by atoms with Gasteiger partial charge in [0.2, 0.25) is 5.95 Å². The zero-order valence-electron chi connectivity index (χ0n) is 13.9. The van der Waals surface area contributed by atoms with E-state index in [1.54, 1.807) is 23.8 Å². The maximum atomic E-state index is 12.3. The lowest BCUT2D eigenvalue weighted by atomic mass is 10.1. The zero-order chi connectivity index (χ0) is 17.5. The van der Waals surface area contributed by atoms with Crippen molar-refractivity contribution in [1.29, 1.82) is 0 Å². The monoisotopic (exact) mass is 353 g/mol. The van der Waals surface area contributed by atoms with E-state index >= 15 is 0 Å². The highest BCUT2D eigenvalue weighted by Gasteiger charge is 2.11. The number of aryl methyl sites for hydroxylation is 1. The molecule has 0 aliphatic heterocycles. The highest BCUT2D eigenvalue weighted by Crippen LogP contribution is 2.19. The minimum Gasteiger partial charge on any atom is -0.321 e. The van der Waals surface area contributed by atoms with Crippen LogP contribution in [0.4, 0.5) is 16.8 Å². The maximum absolute atomic E-state index is 12.3. The number of carbonyl (C=O) groups excluding carboxylic acids is 1. The molecule has 7 heteroatoms. The van der Waals surface area contributed by atoms with Crippen molar-refractivity contribution in [2.24, 2.45) is 0 Å². The van der Waals surface area contributed by atoms with Crippen molar-refractivity contribution in [3.63, 3.8) is 0 Å². The number of anilines is 3. The number of benzene rings is 1. The molecule has 0 aliphatic carbocycles. The SMILES string of the molecule is CCCCc1ccc(NC(=O)c2csc(Nc3ncccn3)n2)cc1. The summed E-state index contributed by atoms with van der Waals surface area (Å²) < 4.78 is 0. The Balaban J connectivity index is 1.60. The first kappa shape index (κ1) is 17.0. The zero-order valence-corrected chi connectivity index (χ0v) is 14.7. The molecule has 0 fully saturated rings. The highest BCUT2D eigenvalue weighted by atomic mass is 32.1. The number of nitrogens with one attached hydrogen (secondary N) is 2. The van der Waals surface area contributed by atoms with Crippen LogP contribution in [-0.4, -0.2) is 20.9 Å². The number of aromatic nitrogens is 3. The van der Waals surface area contributed by atoms with Gasteiger partial charge in [-0.05, 0) is 36.6 Å². The van der Waals surface area contributed by atoms with E-state index < -0.39 is 0 Å². The maximum Gasteiger partial charge on any atom is 0.275 e. The first-order chi connectivity index (χ1) is 12.2. The predicted molar refractivity (Wildman–Crippen MR) is 100 cm³/mol. The van der Waals surface area contributed by atoms with Crippen molar-refractivity contribution < 1.29 is 4.79 Å². The van der Waals surface area contributed by atoms with E-state index in [9.17, 15) is 4.79 Å². The van der Waals surface area contributed by atoms with Crippen molar-refractivity contribution in [3.8, 4) is 0 Å². The predicted octanol–water partition coefficient (Wildman–Crippen LogP) is 4.27. The fourth-order valence-corrected chi connectivity index (χ4v) is 2.91. The van der Waals surface area contributed by atoms with Gasteiger partial charge in [0.1, 0.15) is 5.69 Å². The second kappa shape index (κ2) is 8.34. The third kappa shape index (κ3) is 4.84. The number of nitrogens with zero attached hydrogens (tertiary/aromatic N) is 3.